The summed E-state index contributed by atoms with van der Waals surface area (Å²) in [5.74, 6) is 0.906. The van der Waals surface area contributed by atoms with Gasteiger partial charge in [-0.2, -0.15) is 5.26 Å². The lowest BCUT2D eigenvalue weighted by atomic mass is 9.90. The van der Waals surface area contributed by atoms with Gasteiger partial charge in [-0.3, -0.25) is 0 Å². The molecule has 5 aromatic rings. The van der Waals surface area contributed by atoms with E-state index in [-0.39, 0.29) is 0 Å². The number of nitriles is 1. The Balaban J connectivity index is 1.73. The summed E-state index contributed by atoms with van der Waals surface area (Å²) in [7, 11) is 2.05. The number of benzene rings is 3. The summed E-state index contributed by atoms with van der Waals surface area (Å²) in [6, 6.07) is 22.9. The quantitative estimate of drug-likeness (QED) is 0.311. The maximum atomic E-state index is 10.0. The Bertz CT molecular complexity index is 1600. The van der Waals surface area contributed by atoms with Gasteiger partial charge in [-0.1, -0.05) is 24.3 Å². The van der Waals surface area contributed by atoms with Gasteiger partial charge in [0.1, 0.15) is 24.0 Å². The number of aryl methyl sites for hydroxylation is 2. The molecular weight excluding hydrogens is 408 g/mol. The van der Waals surface area contributed by atoms with Crippen molar-refractivity contribution in [2.75, 3.05) is 6.61 Å². The summed E-state index contributed by atoms with van der Waals surface area (Å²) < 4.78 is 14.7. The van der Waals surface area contributed by atoms with Crippen LogP contribution in [0.25, 0.3) is 44.3 Å². The molecule has 4 heteroatoms. The molecule has 3 heterocycles. The molecule has 4 nitrogen and oxygen atoms in total. The lowest BCUT2D eigenvalue weighted by Gasteiger charge is -2.20. The standard InChI is InChI=1S/C29H23N2O2/c1-18-11-13-22-23-14-12-19(17-30)27(21-7-5-10-25-20(21)8-6-16-32-25)29(23)33-28(22)26(18)24-9-3-4-15-31(24)2/h3-5,7,9-15H,6,8,16H2,1-2H3/q+1. The molecule has 0 unspecified atom stereocenters. The Morgan fingerprint density at radius 3 is 2.55 bits per heavy atom. The van der Waals surface area contributed by atoms with Crippen LogP contribution in [0.15, 0.2) is 71.3 Å². The molecule has 33 heavy (non-hydrogen) atoms. The van der Waals surface area contributed by atoms with Crippen molar-refractivity contribution < 1.29 is 13.7 Å². The number of hydrogen-bond acceptors (Lipinski definition) is 3. The molecule has 6 rings (SSSR count). The smallest absolute Gasteiger partial charge is 0.216 e. The Hall–Kier alpha value is -4.10. The number of furan rings is 1. The van der Waals surface area contributed by atoms with Crippen LogP contribution >= 0.6 is 0 Å². The number of nitrogens with zero attached hydrogens (tertiary/aromatic N) is 2. The number of aromatic nitrogens is 1. The minimum Gasteiger partial charge on any atom is -0.493 e. The summed E-state index contributed by atoms with van der Waals surface area (Å²) in [4.78, 5) is 0. The van der Waals surface area contributed by atoms with Crippen LogP contribution in [0.1, 0.15) is 23.1 Å². The minimum atomic E-state index is 0.615. The van der Waals surface area contributed by atoms with Gasteiger partial charge in [0.15, 0.2) is 6.20 Å². The van der Waals surface area contributed by atoms with Gasteiger partial charge in [0.25, 0.3) is 0 Å². The van der Waals surface area contributed by atoms with Crippen molar-refractivity contribution in [3.8, 4) is 34.2 Å². The highest BCUT2D eigenvalue weighted by atomic mass is 16.5. The highest BCUT2D eigenvalue weighted by Gasteiger charge is 2.25. The predicted molar refractivity (Wildman–Crippen MR) is 129 cm³/mol. The maximum absolute atomic E-state index is 10.0. The van der Waals surface area contributed by atoms with E-state index in [0.717, 1.165) is 80.6 Å². The molecule has 0 saturated heterocycles. The first-order chi connectivity index (χ1) is 16.2. The van der Waals surface area contributed by atoms with E-state index >= 15 is 0 Å². The SMILES string of the molecule is Cc1ccc2c(oc3c(-c4cccc5c4CCCO5)c(C#N)ccc32)c1-c1cccc[n+]1C. The van der Waals surface area contributed by atoms with Crippen molar-refractivity contribution in [1.29, 1.82) is 5.26 Å². The van der Waals surface area contributed by atoms with E-state index in [0.29, 0.717) is 5.56 Å². The molecule has 0 atom stereocenters. The summed E-state index contributed by atoms with van der Waals surface area (Å²) >= 11 is 0. The zero-order chi connectivity index (χ0) is 22.5. The van der Waals surface area contributed by atoms with Crippen LogP contribution in [-0.4, -0.2) is 6.61 Å². The van der Waals surface area contributed by atoms with Gasteiger partial charge in [-0.25, -0.2) is 4.57 Å². The van der Waals surface area contributed by atoms with E-state index in [1.54, 1.807) is 0 Å². The second-order valence-electron chi connectivity index (χ2n) is 8.64. The lowest BCUT2D eigenvalue weighted by molar-refractivity contribution is -0.660. The third kappa shape index (κ3) is 2.93. The molecule has 1 aliphatic heterocycles. The number of fused-ring (bicyclic) bond motifs is 4. The first-order valence-electron chi connectivity index (χ1n) is 11.3. The Morgan fingerprint density at radius 1 is 0.909 bits per heavy atom. The van der Waals surface area contributed by atoms with Gasteiger partial charge in [0.05, 0.1) is 23.8 Å². The second-order valence-corrected chi connectivity index (χ2v) is 8.64. The molecule has 0 bridgehead atoms. The van der Waals surface area contributed by atoms with Crippen molar-refractivity contribution in [3.63, 3.8) is 0 Å². The maximum Gasteiger partial charge on any atom is 0.216 e. The number of hydrogen-bond donors (Lipinski definition) is 0. The summed E-state index contributed by atoms with van der Waals surface area (Å²) in [6.45, 7) is 2.84. The van der Waals surface area contributed by atoms with Gasteiger partial charge in [0, 0.05) is 34.0 Å². The molecule has 3 aromatic carbocycles. The Labute approximate surface area is 192 Å². The van der Waals surface area contributed by atoms with Crippen molar-refractivity contribution in [2.45, 2.75) is 19.8 Å². The molecule has 0 fully saturated rings. The first kappa shape index (κ1) is 19.6. The molecule has 0 N–H and O–H groups in total. The third-order valence-electron chi connectivity index (χ3n) is 6.68. The highest BCUT2D eigenvalue weighted by molar-refractivity contribution is 6.14. The van der Waals surface area contributed by atoms with Crippen molar-refractivity contribution >= 4 is 21.9 Å². The summed E-state index contributed by atoms with van der Waals surface area (Å²) in [6.07, 6.45) is 3.94. The normalized spacial score (nSPS) is 13.0. The van der Waals surface area contributed by atoms with E-state index in [2.05, 4.69) is 41.8 Å². The third-order valence-corrected chi connectivity index (χ3v) is 6.68. The molecule has 1 aliphatic rings. The highest BCUT2D eigenvalue weighted by Crippen LogP contribution is 2.44. The van der Waals surface area contributed by atoms with Crippen LogP contribution in [0.2, 0.25) is 0 Å². The Morgan fingerprint density at radius 2 is 1.73 bits per heavy atom. The van der Waals surface area contributed by atoms with Crippen molar-refractivity contribution in [1.82, 2.24) is 0 Å². The number of ether oxygens (including phenoxy) is 1. The number of rotatable bonds is 2. The van der Waals surface area contributed by atoms with Crippen LogP contribution in [0.4, 0.5) is 0 Å². The van der Waals surface area contributed by atoms with Gasteiger partial charge < -0.3 is 9.15 Å². The van der Waals surface area contributed by atoms with Gasteiger partial charge in [0.2, 0.25) is 5.69 Å². The monoisotopic (exact) mass is 431 g/mol. The zero-order valence-electron chi connectivity index (χ0n) is 18.7. The van der Waals surface area contributed by atoms with E-state index in [1.807, 2.05) is 49.6 Å². The number of pyridine rings is 1. The largest absolute Gasteiger partial charge is 0.493 e. The molecular formula is C29H23N2O2+. The minimum absolute atomic E-state index is 0.615. The fourth-order valence-electron chi connectivity index (χ4n) is 5.09. The average molecular weight is 432 g/mol. The van der Waals surface area contributed by atoms with Gasteiger partial charge in [-0.15, -0.1) is 0 Å². The van der Waals surface area contributed by atoms with Gasteiger partial charge in [-0.05, 0) is 55.2 Å². The zero-order valence-corrected chi connectivity index (χ0v) is 18.7. The summed E-state index contributed by atoms with van der Waals surface area (Å²) in [5.41, 5.74) is 8.57. The van der Waals surface area contributed by atoms with E-state index in [4.69, 9.17) is 9.15 Å². The topological polar surface area (TPSA) is 50.0 Å². The van der Waals surface area contributed by atoms with Crippen molar-refractivity contribution in [3.05, 3.63) is 83.6 Å². The molecule has 160 valence electrons. The van der Waals surface area contributed by atoms with Crippen LogP contribution in [0, 0.1) is 18.3 Å². The van der Waals surface area contributed by atoms with Crippen LogP contribution in [0.5, 0.6) is 5.75 Å². The van der Waals surface area contributed by atoms with Gasteiger partial charge >= 0.3 is 0 Å². The fraction of sp³-hybridized carbons (Fsp3) is 0.172. The van der Waals surface area contributed by atoms with E-state index < -0.39 is 0 Å². The van der Waals surface area contributed by atoms with Crippen molar-refractivity contribution in [2.24, 2.45) is 7.05 Å². The average Bonchev–Trinajstić information content (AvgIpc) is 3.22. The molecule has 0 saturated carbocycles. The van der Waals surface area contributed by atoms with Crippen LogP contribution in [-0.2, 0) is 13.5 Å². The molecule has 0 spiro atoms. The predicted octanol–water partition coefficient (Wildman–Crippen LogP) is 6.25. The fourth-order valence-corrected chi connectivity index (χ4v) is 5.09. The summed E-state index contributed by atoms with van der Waals surface area (Å²) in [5, 5.41) is 12.1. The molecule has 2 aromatic heterocycles. The second kappa shape index (κ2) is 7.50. The first-order valence-corrected chi connectivity index (χ1v) is 11.3. The Kier molecular flexibility index (Phi) is 4.45. The van der Waals surface area contributed by atoms with E-state index in [9.17, 15) is 5.26 Å². The molecule has 0 amide bonds. The molecule has 0 radical (unpaired) electrons. The van der Waals surface area contributed by atoms with E-state index in [1.165, 1.54) is 0 Å². The van der Waals surface area contributed by atoms with Crippen LogP contribution < -0.4 is 9.30 Å². The molecule has 0 aliphatic carbocycles. The van der Waals surface area contributed by atoms with Crippen LogP contribution in [0.3, 0.4) is 0 Å². The lowest BCUT2D eigenvalue weighted by Crippen LogP contribution is -2.30.